The summed E-state index contributed by atoms with van der Waals surface area (Å²) in [7, 11) is 0. The number of aryl methyl sites for hydroxylation is 2. The largest absolute Gasteiger partial charge is 0.380 e. The van der Waals surface area contributed by atoms with Crippen LogP contribution >= 0.6 is 0 Å². The molecule has 2 atom stereocenters. The van der Waals surface area contributed by atoms with Crippen LogP contribution in [0.5, 0.6) is 0 Å². The predicted octanol–water partition coefficient (Wildman–Crippen LogP) is 7.13. The third kappa shape index (κ3) is 8.18. The van der Waals surface area contributed by atoms with Crippen LogP contribution in [0.3, 0.4) is 0 Å². The maximum Gasteiger partial charge on any atom is 0.264 e. The van der Waals surface area contributed by atoms with Crippen molar-refractivity contribution in [2.24, 2.45) is 0 Å². The van der Waals surface area contributed by atoms with E-state index < -0.39 is 47.3 Å². The molecule has 10 rings (SSSR count). The van der Waals surface area contributed by atoms with Crippen LogP contribution in [-0.4, -0.2) is 85.6 Å². The van der Waals surface area contributed by atoms with Gasteiger partial charge >= 0.3 is 0 Å². The fourth-order valence-electron chi connectivity index (χ4n) is 10.2. The van der Waals surface area contributed by atoms with Crippen LogP contribution in [0.4, 0.5) is 25.8 Å². The summed E-state index contributed by atoms with van der Waals surface area (Å²) in [6, 6.07) is 20.1. The summed E-state index contributed by atoms with van der Waals surface area (Å²) in [6.45, 7) is 5.43. The maximum atomic E-state index is 14.6. The zero-order valence-corrected chi connectivity index (χ0v) is 37.3. The lowest BCUT2D eigenvalue weighted by Crippen LogP contribution is -2.54. The van der Waals surface area contributed by atoms with E-state index >= 15 is 0 Å². The van der Waals surface area contributed by atoms with Crippen LogP contribution in [0.25, 0.3) is 22.2 Å². The molecule has 4 aromatic carbocycles. The molecule has 1 unspecified atom stereocenters. The van der Waals surface area contributed by atoms with Gasteiger partial charge in [0.25, 0.3) is 11.8 Å². The number of likely N-dealkylation sites (tertiary alicyclic amines) is 1. The van der Waals surface area contributed by atoms with E-state index in [2.05, 4.69) is 30.6 Å². The standard InChI is InChI=1S/C50H47F2N9O7/c1-27-45(28(2)68-57-27)30-11-16-39-38(23-30)55-47(40-7-4-8-44(64)59(40)33-14-15-35(51)36(52)24-33)60(39)32-19-21-58(22-20-32)26-43(63)54-31-12-9-29(10-13-31)25-53-37-6-3-5-34-46(37)50(67)61(49(34)66)41-17-18-42(62)56-48(41)65/h3,5-6,9-16,23-24,32,40-41,53H,4,7-8,17-22,25-26H2,1-2H3,(H,54,63)(H,56,62,65)/t40-,41?/m0/s1. The molecule has 0 saturated carbocycles. The minimum atomic E-state index is -1.06. The second kappa shape index (κ2) is 17.9. The molecule has 3 fully saturated rings. The van der Waals surface area contributed by atoms with Crippen LogP contribution in [0.1, 0.15) is 101 Å². The number of benzene rings is 4. The van der Waals surface area contributed by atoms with E-state index in [0.29, 0.717) is 68.3 Å². The summed E-state index contributed by atoms with van der Waals surface area (Å²) in [5, 5.41) is 12.6. The summed E-state index contributed by atoms with van der Waals surface area (Å²) in [4.78, 5) is 87.8. The Hall–Kier alpha value is -7.60. The van der Waals surface area contributed by atoms with E-state index in [-0.39, 0.29) is 60.5 Å². The molecular weight excluding hydrogens is 877 g/mol. The number of fused-ring (bicyclic) bond motifs is 2. The highest BCUT2D eigenvalue weighted by atomic mass is 19.2. The van der Waals surface area contributed by atoms with Crippen molar-refractivity contribution >= 4 is 63.5 Å². The zero-order valence-electron chi connectivity index (χ0n) is 37.3. The molecule has 6 aromatic rings. The number of imide groups is 2. The fraction of sp³-hybridized carbons (Fsp3) is 0.320. The van der Waals surface area contributed by atoms with Crippen molar-refractivity contribution in [3.05, 3.63) is 124 Å². The molecule has 0 spiro atoms. The van der Waals surface area contributed by atoms with Gasteiger partial charge in [0.2, 0.25) is 23.6 Å². The number of piperidine rings is 3. The van der Waals surface area contributed by atoms with Crippen molar-refractivity contribution in [3.63, 3.8) is 0 Å². The van der Waals surface area contributed by atoms with E-state index in [4.69, 9.17) is 9.51 Å². The second-order valence-electron chi connectivity index (χ2n) is 17.8. The summed E-state index contributed by atoms with van der Waals surface area (Å²) in [5.74, 6) is -3.35. The van der Waals surface area contributed by atoms with Crippen molar-refractivity contribution < 1.29 is 42.1 Å². The average molecular weight is 924 g/mol. The number of carbonyl (C=O) groups excluding carboxylic acids is 6. The topological polar surface area (TPSA) is 192 Å². The van der Waals surface area contributed by atoms with Crippen LogP contribution in [0.15, 0.2) is 83.4 Å². The maximum absolute atomic E-state index is 14.6. The summed E-state index contributed by atoms with van der Waals surface area (Å²) in [6.07, 6.45) is 2.92. The Labute approximate surface area is 388 Å². The Morgan fingerprint density at radius 3 is 2.35 bits per heavy atom. The van der Waals surface area contributed by atoms with E-state index in [9.17, 15) is 37.5 Å². The summed E-state index contributed by atoms with van der Waals surface area (Å²) >= 11 is 0. The van der Waals surface area contributed by atoms with Gasteiger partial charge in [-0.3, -0.25) is 43.9 Å². The van der Waals surface area contributed by atoms with Crippen molar-refractivity contribution in [2.75, 3.05) is 35.2 Å². The summed E-state index contributed by atoms with van der Waals surface area (Å²) < 4.78 is 36.4. The van der Waals surface area contributed by atoms with E-state index in [1.54, 1.807) is 35.2 Å². The lowest BCUT2D eigenvalue weighted by atomic mass is 9.98. The van der Waals surface area contributed by atoms with Gasteiger partial charge < -0.3 is 24.6 Å². The van der Waals surface area contributed by atoms with Gasteiger partial charge in [-0.25, -0.2) is 13.8 Å². The van der Waals surface area contributed by atoms with E-state index in [1.165, 1.54) is 6.07 Å². The van der Waals surface area contributed by atoms with Gasteiger partial charge in [-0.15, -0.1) is 0 Å². The lowest BCUT2D eigenvalue weighted by molar-refractivity contribution is -0.136. The molecule has 3 saturated heterocycles. The van der Waals surface area contributed by atoms with Gasteiger partial charge in [0.15, 0.2) is 11.6 Å². The van der Waals surface area contributed by atoms with Crippen molar-refractivity contribution in [1.29, 1.82) is 0 Å². The molecule has 3 N–H and O–H groups in total. The molecule has 6 heterocycles. The highest BCUT2D eigenvalue weighted by Crippen LogP contribution is 2.41. The molecule has 0 bridgehead atoms. The Morgan fingerprint density at radius 1 is 0.824 bits per heavy atom. The van der Waals surface area contributed by atoms with E-state index in [1.807, 2.05) is 44.2 Å². The number of amides is 6. The minimum Gasteiger partial charge on any atom is -0.380 e. The number of aromatic nitrogens is 3. The van der Waals surface area contributed by atoms with Crippen LogP contribution in [0, 0.1) is 25.5 Å². The SMILES string of the molecule is Cc1noc(C)c1-c1ccc2c(c1)nc([C@@H]1CCCC(=O)N1c1ccc(F)c(F)c1)n2C1CCN(CC(=O)Nc2ccc(CNc3cccc4c3C(=O)N(C3CCC(=O)NC3=O)C4=O)cc2)CC1. The molecule has 68 heavy (non-hydrogen) atoms. The van der Waals surface area contributed by atoms with E-state index in [0.717, 1.165) is 50.5 Å². The Morgan fingerprint density at radius 2 is 1.62 bits per heavy atom. The molecular formula is C50H47F2N9O7. The molecule has 4 aliphatic heterocycles. The number of rotatable bonds is 11. The van der Waals surface area contributed by atoms with Crippen molar-refractivity contribution in [2.45, 2.75) is 83.5 Å². The highest BCUT2D eigenvalue weighted by molar-refractivity contribution is 6.25. The van der Waals surface area contributed by atoms with Gasteiger partial charge in [0.1, 0.15) is 17.6 Å². The predicted molar refractivity (Wildman–Crippen MR) is 245 cm³/mol. The molecule has 4 aliphatic rings. The van der Waals surface area contributed by atoms with Crippen molar-refractivity contribution in [1.82, 2.24) is 29.8 Å². The monoisotopic (exact) mass is 923 g/mol. The molecule has 18 heteroatoms. The first-order valence-corrected chi connectivity index (χ1v) is 22.7. The Kier molecular flexibility index (Phi) is 11.6. The number of carbonyl (C=O) groups is 6. The fourth-order valence-corrected chi connectivity index (χ4v) is 10.2. The first-order chi connectivity index (χ1) is 32.8. The van der Waals surface area contributed by atoms with Gasteiger partial charge in [0, 0.05) is 67.2 Å². The lowest BCUT2D eigenvalue weighted by Gasteiger charge is -2.38. The molecule has 2 aromatic heterocycles. The van der Waals surface area contributed by atoms with Crippen LogP contribution in [0.2, 0.25) is 0 Å². The highest BCUT2D eigenvalue weighted by Gasteiger charge is 2.46. The van der Waals surface area contributed by atoms with Gasteiger partial charge in [-0.05, 0) is 106 Å². The number of halogens is 2. The quantitative estimate of drug-likeness (QED) is 0.112. The minimum absolute atomic E-state index is 0.0312. The molecule has 0 radical (unpaired) electrons. The average Bonchev–Trinajstić information content (AvgIpc) is 3.96. The molecule has 16 nitrogen and oxygen atoms in total. The van der Waals surface area contributed by atoms with Crippen molar-refractivity contribution in [3.8, 4) is 11.1 Å². The Bertz CT molecular complexity index is 3030. The first kappa shape index (κ1) is 44.2. The van der Waals surface area contributed by atoms with Gasteiger partial charge in [0.05, 0.1) is 40.4 Å². The number of nitrogens with one attached hydrogen (secondary N) is 3. The molecule has 0 aliphatic carbocycles. The second-order valence-corrected chi connectivity index (χ2v) is 17.8. The molecule has 6 amide bonds. The number of nitrogens with zero attached hydrogens (tertiary/aromatic N) is 6. The van der Waals surface area contributed by atoms with Gasteiger partial charge in [-0.2, -0.15) is 0 Å². The number of hydrogen-bond donors (Lipinski definition) is 3. The smallest absolute Gasteiger partial charge is 0.264 e. The summed E-state index contributed by atoms with van der Waals surface area (Å²) in [5.41, 5.74) is 6.63. The number of hydrogen-bond acceptors (Lipinski definition) is 11. The number of anilines is 3. The molecule has 348 valence electrons. The zero-order chi connectivity index (χ0) is 47.4. The van der Waals surface area contributed by atoms with Crippen LogP contribution < -0.4 is 20.9 Å². The van der Waals surface area contributed by atoms with Gasteiger partial charge in [-0.1, -0.05) is 29.4 Å². The third-order valence-electron chi connectivity index (χ3n) is 13.4. The normalized spacial score (nSPS) is 19.2. The van der Waals surface area contributed by atoms with Crippen LogP contribution in [-0.2, 0) is 25.7 Å². The number of imidazole rings is 1. The third-order valence-corrected chi connectivity index (χ3v) is 13.4. The Balaban J connectivity index is 0.804. The first-order valence-electron chi connectivity index (χ1n) is 22.7.